The number of benzene rings is 2. The largest absolute Gasteiger partial charge is 0.481 e. The molecule has 0 spiro atoms. The second-order valence-electron chi connectivity index (χ2n) is 6.05. The number of hydrogen-bond acceptors (Lipinski definition) is 6. The van der Waals surface area contributed by atoms with Crippen molar-refractivity contribution >= 4 is 46.5 Å². The Labute approximate surface area is 186 Å². The fourth-order valence-electron chi connectivity index (χ4n) is 2.19. The maximum absolute atomic E-state index is 12.2. The van der Waals surface area contributed by atoms with Crippen LogP contribution in [-0.2, 0) is 14.3 Å². The van der Waals surface area contributed by atoms with Crippen molar-refractivity contribution in [2.45, 2.75) is 26.7 Å². The van der Waals surface area contributed by atoms with Gasteiger partial charge in [-0.05, 0) is 50.6 Å². The number of carbonyl (C=O) groups excluding carboxylic acids is 1. The number of hydrogen-bond donors (Lipinski definition) is 3. The molecule has 0 saturated heterocycles. The molecule has 0 aromatic heterocycles. The molecular formula is C21H26Cl2N2O5. The topological polar surface area (TPSA) is 111 Å². The number of carboxylic acids is 1. The van der Waals surface area contributed by atoms with E-state index in [2.05, 4.69) is 5.32 Å². The van der Waals surface area contributed by atoms with Crippen LogP contribution >= 0.6 is 23.2 Å². The molecule has 7 nitrogen and oxygen atoms in total. The molecular weight excluding hydrogens is 431 g/mol. The molecule has 4 N–H and O–H groups in total. The number of ether oxygens (including phenoxy) is 2. The van der Waals surface area contributed by atoms with Crippen LogP contribution in [0.4, 0.5) is 11.4 Å². The van der Waals surface area contributed by atoms with Crippen molar-refractivity contribution in [3.8, 4) is 0 Å². The standard InChI is InChI=1S/C17H17Cl2NO3.C4H9NO2/c1-3-22-10-23-17(21)12-6-4-5-7-14(12)20-16-13(18)9-8-11(2)15(16)19;5-3-1-2-4(6)7/h4-9,20H,3,10H2,1-2H3;1-3,5H2,(H,6,7). The van der Waals surface area contributed by atoms with Crippen LogP contribution in [0.15, 0.2) is 36.4 Å². The van der Waals surface area contributed by atoms with Crippen LogP contribution in [0.3, 0.4) is 0 Å². The number of aryl methyl sites for hydroxylation is 1. The first kappa shape index (κ1) is 25.7. The van der Waals surface area contributed by atoms with Gasteiger partial charge in [-0.1, -0.05) is 41.4 Å². The van der Waals surface area contributed by atoms with Crippen molar-refractivity contribution in [1.82, 2.24) is 0 Å². The number of nitrogens with one attached hydrogen (secondary N) is 1. The maximum Gasteiger partial charge on any atom is 0.342 e. The Morgan fingerprint density at radius 3 is 2.47 bits per heavy atom. The van der Waals surface area contributed by atoms with E-state index in [1.807, 2.05) is 19.9 Å². The van der Waals surface area contributed by atoms with E-state index >= 15 is 0 Å². The first-order valence-corrected chi connectivity index (χ1v) is 10.0. The number of halogens is 2. The molecule has 2 aromatic carbocycles. The van der Waals surface area contributed by atoms with E-state index in [0.29, 0.717) is 46.6 Å². The summed E-state index contributed by atoms with van der Waals surface area (Å²) in [5.74, 6) is -1.26. The molecule has 30 heavy (non-hydrogen) atoms. The smallest absolute Gasteiger partial charge is 0.342 e. The number of rotatable bonds is 9. The molecule has 2 aromatic rings. The van der Waals surface area contributed by atoms with Crippen LogP contribution < -0.4 is 11.1 Å². The predicted molar refractivity (Wildman–Crippen MR) is 119 cm³/mol. The van der Waals surface area contributed by atoms with Gasteiger partial charge in [0.05, 0.1) is 27.0 Å². The fraction of sp³-hybridized carbons (Fsp3) is 0.333. The van der Waals surface area contributed by atoms with Crippen LogP contribution in [0, 0.1) is 6.92 Å². The summed E-state index contributed by atoms with van der Waals surface area (Å²) in [6.07, 6.45) is 0.770. The monoisotopic (exact) mass is 456 g/mol. The second-order valence-corrected chi connectivity index (χ2v) is 6.84. The first-order chi connectivity index (χ1) is 14.3. The Hall–Kier alpha value is -2.32. The van der Waals surface area contributed by atoms with Crippen molar-refractivity contribution in [2.24, 2.45) is 5.73 Å². The van der Waals surface area contributed by atoms with E-state index in [-0.39, 0.29) is 13.2 Å². The van der Waals surface area contributed by atoms with Crippen LogP contribution in [0.2, 0.25) is 10.0 Å². The third kappa shape index (κ3) is 8.59. The van der Waals surface area contributed by atoms with Crippen molar-refractivity contribution in [3.63, 3.8) is 0 Å². The fourth-order valence-corrected chi connectivity index (χ4v) is 2.65. The van der Waals surface area contributed by atoms with E-state index in [9.17, 15) is 9.59 Å². The van der Waals surface area contributed by atoms with Crippen LogP contribution in [0.5, 0.6) is 0 Å². The molecule has 9 heteroatoms. The van der Waals surface area contributed by atoms with E-state index in [0.717, 1.165) is 5.56 Å². The Kier molecular flexibility index (Phi) is 11.8. The molecule has 0 saturated carbocycles. The van der Waals surface area contributed by atoms with Gasteiger partial charge in [0.2, 0.25) is 0 Å². The summed E-state index contributed by atoms with van der Waals surface area (Å²) in [5.41, 5.74) is 7.39. The number of nitrogens with two attached hydrogens (primary N) is 1. The third-order valence-corrected chi connectivity index (χ3v) is 4.57. The van der Waals surface area contributed by atoms with Gasteiger partial charge < -0.3 is 25.6 Å². The minimum absolute atomic E-state index is 0.0877. The SMILES string of the molecule is CCOCOC(=O)c1ccccc1Nc1c(Cl)ccc(C)c1Cl.NCCCC(=O)O. The minimum atomic E-state index is -0.773. The first-order valence-electron chi connectivity index (χ1n) is 9.29. The zero-order valence-electron chi connectivity index (χ0n) is 16.9. The van der Waals surface area contributed by atoms with E-state index < -0.39 is 11.9 Å². The lowest BCUT2D eigenvalue weighted by molar-refractivity contribution is -0.137. The minimum Gasteiger partial charge on any atom is -0.481 e. The van der Waals surface area contributed by atoms with Gasteiger partial charge >= 0.3 is 11.9 Å². The van der Waals surface area contributed by atoms with Gasteiger partial charge in [-0.15, -0.1) is 0 Å². The van der Waals surface area contributed by atoms with Crippen molar-refractivity contribution in [1.29, 1.82) is 0 Å². The molecule has 2 rings (SSSR count). The highest BCUT2D eigenvalue weighted by Crippen LogP contribution is 2.36. The number of anilines is 2. The van der Waals surface area contributed by atoms with Crippen LogP contribution in [0.25, 0.3) is 0 Å². The number of carbonyl (C=O) groups is 2. The van der Waals surface area contributed by atoms with Crippen molar-refractivity contribution in [3.05, 3.63) is 57.6 Å². The number of esters is 1. The Morgan fingerprint density at radius 2 is 1.87 bits per heavy atom. The Balaban J connectivity index is 0.000000553. The third-order valence-electron chi connectivity index (χ3n) is 3.76. The van der Waals surface area contributed by atoms with E-state index in [4.69, 9.17) is 43.5 Å². The summed E-state index contributed by atoms with van der Waals surface area (Å²) >= 11 is 12.5. The normalized spacial score (nSPS) is 10.0. The number of carboxylic acid groups (broad SMARTS) is 1. The highest BCUT2D eigenvalue weighted by atomic mass is 35.5. The molecule has 0 aliphatic rings. The Bertz CT molecular complexity index is 846. The van der Waals surface area contributed by atoms with E-state index in [1.165, 1.54) is 0 Å². The van der Waals surface area contributed by atoms with Gasteiger partial charge in [0, 0.05) is 13.0 Å². The summed E-state index contributed by atoms with van der Waals surface area (Å²) < 4.78 is 10.1. The highest BCUT2D eigenvalue weighted by molar-refractivity contribution is 6.39. The van der Waals surface area contributed by atoms with Gasteiger partial charge in [0.15, 0.2) is 6.79 Å². The van der Waals surface area contributed by atoms with Crippen molar-refractivity contribution in [2.75, 3.05) is 25.3 Å². The number of aliphatic carboxylic acids is 1. The van der Waals surface area contributed by atoms with Crippen LogP contribution in [-0.4, -0.2) is 37.0 Å². The summed E-state index contributed by atoms with van der Waals surface area (Å²) in [6, 6.07) is 10.6. The average Bonchev–Trinajstić information content (AvgIpc) is 2.73. The number of para-hydroxylation sites is 1. The summed E-state index contributed by atoms with van der Waals surface area (Å²) in [5, 5.41) is 12.1. The van der Waals surface area contributed by atoms with Gasteiger partial charge in [0.25, 0.3) is 0 Å². The molecule has 0 heterocycles. The lowest BCUT2D eigenvalue weighted by atomic mass is 10.1. The zero-order valence-corrected chi connectivity index (χ0v) is 18.4. The summed E-state index contributed by atoms with van der Waals surface area (Å²) in [6.45, 7) is 4.56. The molecule has 0 unspecified atom stereocenters. The van der Waals surface area contributed by atoms with Crippen molar-refractivity contribution < 1.29 is 24.2 Å². The molecule has 0 aliphatic carbocycles. The summed E-state index contributed by atoms with van der Waals surface area (Å²) in [4.78, 5) is 21.9. The molecule has 0 fully saturated rings. The zero-order chi connectivity index (χ0) is 22.5. The van der Waals surface area contributed by atoms with Gasteiger partial charge in [-0.25, -0.2) is 4.79 Å². The Morgan fingerprint density at radius 1 is 1.17 bits per heavy atom. The van der Waals surface area contributed by atoms with Gasteiger partial charge in [-0.2, -0.15) is 0 Å². The van der Waals surface area contributed by atoms with Gasteiger partial charge in [-0.3, -0.25) is 4.79 Å². The molecule has 0 radical (unpaired) electrons. The second kappa shape index (κ2) is 13.8. The molecule has 164 valence electrons. The average molecular weight is 457 g/mol. The van der Waals surface area contributed by atoms with Crippen LogP contribution in [0.1, 0.15) is 35.7 Å². The maximum atomic E-state index is 12.2. The lowest BCUT2D eigenvalue weighted by Gasteiger charge is -2.15. The molecule has 0 aliphatic heterocycles. The molecule has 0 atom stereocenters. The van der Waals surface area contributed by atoms with Gasteiger partial charge in [0.1, 0.15) is 0 Å². The summed E-state index contributed by atoms with van der Waals surface area (Å²) in [7, 11) is 0. The molecule has 0 bridgehead atoms. The quantitative estimate of drug-likeness (QED) is 0.276. The molecule has 0 amide bonds. The van der Waals surface area contributed by atoms with E-state index in [1.54, 1.807) is 30.3 Å². The highest BCUT2D eigenvalue weighted by Gasteiger charge is 2.15. The lowest BCUT2D eigenvalue weighted by Crippen LogP contribution is -2.11. The predicted octanol–water partition coefficient (Wildman–Crippen LogP) is 5.01.